The Hall–Kier alpha value is -2.46. The molecule has 4 N–H and O–H groups in total. The second-order valence-electron chi connectivity index (χ2n) is 7.23. The molecule has 140 valence electrons. The van der Waals surface area contributed by atoms with Gasteiger partial charge in [-0.1, -0.05) is 75.4 Å². The van der Waals surface area contributed by atoms with Crippen molar-refractivity contribution in [3.63, 3.8) is 0 Å². The van der Waals surface area contributed by atoms with Crippen LogP contribution in [0.4, 0.5) is 0 Å². The zero-order chi connectivity index (χ0) is 19.6. The van der Waals surface area contributed by atoms with Crippen molar-refractivity contribution >= 4 is 11.8 Å². The zero-order valence-electron chi connectivity index (χ0n) is 16.0. The first-order valence-electron chi connectivity index (χ1n) is 8.92. The van der Waals surface area contributed by atoms with Gasteiger partial charge in [0.15, 0.2) is 5.78 Å². The lowest BCUT2D eigenvalue weighted by atomic mass is 9.86. The van der Waals surface area contributed by atoms with E-state index in [9.17, 15) is 9.59 Å². The molecular formula is C22H30NO3+. The Labute approximate surface area is 156 Å². The highest BCUT2D eigenvalue weighted by Gasteiger charge is 2.14. The van der Waals surface area contributed by atoms with Crippen LogP contribution in [0.3, 0.4) is 0 Å². The molecule has 4 heteroatoms. The molecule has 0 aromatic heterocycles. The van der Waals surface area contributed by atoms with E-state index in [4.69, 9.17) is 5.11 Å². The average Bonchev–Trinajstić information content (AvgIpc) is 2.61. The summed E-state index contributed by atoms with van der Waals surface area (Å²) in [6, 6.07) is 17.8. The number of Topliss-reactive ketones (excluding diaryl/α,β-unsaturated/α-hetero) is 1. The fourth-order valence-corrected chi connectivity index (χ4v) is 2.37. The van der Waals surface area contributed by atoms with Crippen LogP contribution in [0.2, 0.25) is 0 Å². The van der Waals surface area contributed by atoms with Crippen molar-refractivity contribution in [3.05, 3.63) is 71.3 Å². The van der Waals surface area contributed by atoms with Crippen molar-refractivity contribution in [3.8, 4) is 0 Å². The molecule has 2 aromatic carbocycles. The molecule has 0 saturated carbocycles. The van der Waals surface area contributed by atoms with Crippen molar-refractivity contribution in [2.24, 2.45) is 0 Å². The third-order valence-electron chi connectivity index (χ3n) is 3.95. The van der Waals surface area contributed by atoms with Gasteiger partial charge in [-0.05, 0) is 16.5 Å². The van der Waals surface area contributed by atoms with E-state index in [0.29, 0.717) is 5.56 Å². The van der Waals surface area contributed by atoms with E-state index in [1.54, 1.807) is 12.1 Å². The Balaban J connectivity index is 0.000000314. The standard InChI is InChI=1S/C14H18O3.C8H11N/c1-14(2,3)11-6-4-10(5-7-11)12(15)8-9-13(16)17;9-7-6-8-4-2-1-3-5-8/h4-7H,8-9H2,1-3H3,(H,16,17);1-5H,6-7,9H2/p+1. The Morgan fingerprint density at radius 3 is 1.96 bits per heavy atom. The molecule has 0 bridgehead atoms. The van der Waals surface area contributed by atoms with Crippen LogP contribution in [-0.2, 0) is 16.6 Å². The van der Waals surface area contributed by atoms with Gasteiger partial charge in [0.2, 0.25) is 0 Å². The van der Waals surface area contributed by atoms with Crippen molar-refractivity contribution < 1.29 is 20.4 Å². The number of ketones is 1. The molecule has 26 heavy (non-hydrogen) atoms. The molecule has 0 saturated heterocycles. The van der Waals surface area contributed by atoms with E-state index >= 15 is 0 Å². The number of quaternary nitrogens is 1. The monoisotopic (exact) mass is 356 g/mol. The molecule has 0 heterocycles. The first-order chi connectivity index (χ1) is 12.2. The van der Waals surface area contributed by atoms with E-state index in [0.717, 1.165) is 18.5 Å². The maximum absolute atomic E-state index is 11.6. The van der Waals surface area contributed by atoms with Crippen molar-refractivity contribution in [1.29, 1.82) is 0 Å². The van der Waals surface area contributed by atoms with Crippen LogP contribution in [0, 0.1) is 0 Å². The van der Waals surface area contributed by atoms with Gasteiger partial charge in [0.1, 0.15) is 0 Å². The van der Waals surface area contributed by atoms with Crippen LogP contribution in [0.1, 0.15) is 55.1 Å². The molecule has 0 atom stereocenters. The molecule has 0 unspecified atom stereocenters. The predicted molar refractivity (Wildman–Crippen MR) is 104 cm³/mol. The smallest absolute Gasteiger partial charge is 0.303 e. The van der Waals surface area contributed by atoms with Crippen LogP contribution in [0.25, 0.3) is 0 Å². The number of carbonyl (C=O) groups excluding carboxylic acids is 1. The zero-order valence-corrected chi connectivity index (χ0v) is 16.0. The van der Waals surface area contributed by atoms with Crippen LogP contribution in [0.15, 0.2) is 54.6 Å². The van der Waals surface area contributed by atoms with Crippen LogP contribution < -0.4 is 5.73 Å². The van der Waals surface area contributed by atoms with Crippen LogP contribution in [-0.4, -0.2) is 23.4 Å². The van der Waals surface area contributed by atoms with Gasteiger partial charge in [-0.3, -0.25) is 9.59 Å². The minimum absolute atomic E-state index is 0.0582. The van der Waals surface area contributed by atoms with E-state index < -0.39 is 5.97 Å². The quantitative estimate of drug-likeness (QED) is 0.777. The molecule has 2 rings (SSSR count). The van der Waals surface area contributed by atoms with E-state index in [1.165, 1.54) is 5.56 Å². The van der Waals surface area contributed by atoms with Crippen molar-refractivity contribution in [1.82, 2.24) is 0 Å². The van der Waals surface area contributed by atoms with Crippen molar-refractivity contribution in [2.75, 3.05) is 6.54 Å². The van der Waals surface area contributed by atoms with E-state index in [-0.39, 0.29) is 24.0 Å². The molecule has 2 aromatic rings. The molecule has 0 spiro atoms. The highest BCUT2D eigenvalue weighted by atomic mass is 16.4. The number of rotatable bonds is 6. The van der Waals surface area contributed by atoms with Crippen LogP contribution in [0.5, 0.6) is 0 Å². The van der Waals surface area contributed by atoms with Gasteiger partial charge in [0, 0.05) is 18.4 Å². The summed E-state index contributed by atoms with van der Waals surface area (Å²) in [6.07, 6.45) is 1.05. The maximum Gasteiger partial charge on any atom is 0.303 e. The van der Waals surface area contributed by atoms with E-state index in [2.05, 4.69) is 50.8 Å². The lowest BCUT2D eigenvalue weighted by molar-refractivity contribution is -0.366. The minimum Gasteiger partial charge on any atom is -0.481 e. The molecular weight excluding hydrogens is 326 g/mol. The number of hydrogen-bond donors (Lipinski definition) is 2. The lowest BCUT2D eigenvalue weighted by Crippen LogP contribution is -2.51. The number of benzene rings is 2. The second kappa shape index (κ2) is 10.5. The molecule has 4 nitrogen and oxygen atoms in total. The van der Waals surface area contributed by atoms with Gasteiger partial charge in [-0.15, -0.1) is 0 Å². The SMILES string of the molecule is CC(C)(C)c1ccc(C(=O)CCC(=O)O)cc1.[NH3+]CCc1ccccc1. The van der Waals surface area contributed by atoms with Gasteiger partial charge in [-0.25, -0.2) is 0 Å². The number of carboxylic acids is 1. The number of hydrogen-bond acceptors (Lipinski definition) is 2. The molecule has 0 radical (unpaired) electrons. The Bertz CT molecular complexity index is 686. The summed E-state index contributed by atoms with van der Waals surface area (Å²) >= 11 is 0. The third kappa shape index (κ3) is 8.08. The summed E-state index contributed by atoms with van der Waals surface area (Å²) in [5.74, 6) is -1.06. The highest BCUT2D eigenvalue weighted by Crippen LogP contribution is 2.22. The fraction of sp³-hybridized carbons (Fsp3) is 0.364. The van der Waals surface area contributed by atoms with Gasteiger partial charge in [0.05, 0.1) is 13.0 Å². The fourth-order valence-electron chi connectivity index (χ4n) is 2.37. The number of carbonyl (C=O) groups is 2. The van der Waals surface area contributed by atoms with Crippen LogP contribution >= 0.6 is 0 Å². The van der Waals surface area contributed by atoms with Gasteiger partial charge in [-0.2, -0.15) is 0 Å². The van der Waals surface area contributed by atoms with Gasteiger partial charge >= 0.3 is 5.97 Å². The second-order valence-corrected chi connectivity index (χ2v) is 7.23. The Morgan fingerprint density at radius 2 is 1.50 bits per heavy atom. The first kappa shape index (κ1) is 21.6. The van der Waals surface area contributed by atoms with Crippen molar-refractivity contribution in [2.45, 2.75) is 45.4 Å². The average molecular weight is 356 g/mol. The lowest BCUT2D eigenvalue weighted by Gasteiger charge is -2.18. The van der Waals surface area contributed by atoms with Gasteiger partial charge < -0.3 is 10.8 Å². The molecule has 0 amide bonds. The maximum atomic E-state index is 11.6. The molecule has 0 fully saturated rings. The topological polar surface area (TPSA) is 82.0 Å². The summed E-state index contributed by atoms with van der Waals surface area (Å²) in [6.45, 7) is 7.31. The first-order valence-corrected chi connectivity index (χ1v) is 8.92. The van der Waals surface area contributed by atoms with Gasteiger partial charge in [0.25, 0.3) is 0 Å². The summed E-state index contributed by atoms with van der Waals surface area (Å²) in [5.41, 5.74) is 6.96. The highest BCUT2D eigenvalue weighted by molar-refractivity contribution is 5.97. The Morgan fingerprint density at radius 1 is 0.923 bits per heavy atom. The third-order valence-corrected chi connectivity index (χ3v) is 3.95. The Kier molecular flexibility index (Phi) is 8.73. The minimum atomic E-state index is -0.940. The molecule has 0 aliphatic heterocycles. The summed E-state index contributed by atoms with van der Waals surface area (Å²) in [4.78, 5) is 22.0. The molecule has 0 aliphatic carbocycles. The largest absolute Gasteiger partial charge is 0.481 e. The van der Waals surface area contributed by atoms with E-state index in [1.807, 2.05) is 18.2 Å². The predicted octanol–water partition coefficient (Wildman–Crippen LogP) is 3.50. The summed E-state index contributed by atoms with van der Waals surface area (Å²) in [5, 5.41) is 8.51. The number of aliphatic carboxylic acids is 1. The normalized spacial score (nSPS) is 10.6. The molecule has 0 aliphatic rings. The summed E-state index contributed by atoms with van der Waals surface area (Å²) in [7, 11) is 0. The summed E-state index contributed by atoms with van der Waals surface area (Å²) < 4.78 is 0. The number of carboxylic acid groups (broad SMARTS) is 1.